The summed E-state index contributed by atoms with van der Waals surface area (Å²) < 4.78 is 5.81. The lowest BCUT2D eigenvalue weighted by atomic mass is 10.1. The summed E-state index contributed by atoms with van der Waals surface area (Å²) in [5.74, 6) is 0.569. The van der Waals surface area contributed by atoms with Gasteiger partial charge in [-0.25, -0.2) is 0 Å². The van der Waals surface area contributed by atoms with E-state index in [4.69, 9.17) is 4.74 Å². The van der Waals surface area contributed by atoms with Crippen molar-refractivity contribution < 1.29 is 14.3 Å². The number of carbonyl (C=O) groups is 2. The third-order valence-electron chi connectivity index (χ3n) is 3.74. The van der Waals surface area contributed by atoms with Crippen molar-refractivity contribution in [1.82, 2.24) is 10.2 Å². The molecule has 5 heteroatoms. The second-order valence-corrected chi connectivity index (χ2v) is 5.95. The highest BCUT2D eigenvalue weighted by atomic mass is 16.5. The van der Waals surface area contributed by atoms with Crippen LogP contribution >= 0.6 is 0 Å². The lowest BCUT2D eigenvalue weighted by molar-refractivity contribution is -0.133. The number of ether oxygens (including phenoxy) is 1. The predicted octanol–water partition coefficient (Wildman–Crippen LogP) is 2.59. The van der Waals surface area contributed by atoms with Crippen molar-refractivity contribution in [2.75, 3.05) is 20.7 Å². The molecule has 24 heavy (non-hydrogen) atoms. The standard InChI is InChI=1S/C19H24N2O3/c1-14(19(23)21(2)3)20-18(22)12-7-13-24-17-11-6-9-15-8-4-5-10-16(15)17/h4-6,8-11,14H,7,12-13H2,1-3H3,(H,20,22)/t14-/m0/s1. The van der Waals surface area contributed by atoms with E-state index in [0.29, 0.717) is 19.4 Å². The van der Waals surface area contributed by atoms with Gasteiger partial charge in [-0.05, 0) is 24.8 Å². The molecular weight excluding hydrogens is 304 g/mol. The molecule has 0 aromatic heterocycles. The minimum Gasteiger partial charge on any atom is -0.493 e. The van der Waals surface area contributed by atoms with Gasteiger partial charge in [0, 0.05) is 25.9 Å². The van der Waals surface area contributed by atoms with Crippen LogP contribution in [0.4, 0.5) is 0 Å². The van der Waals surface area contributed by atoms with Crippen LogP contribution < -0.4 is 10.1 Å². The smallest absolute Gasteiger partial charge is 0.244 e. The fourth-order valence-electron chi connectivity index (χ4n) is 2.50. The lowest BCUT2D eigenvalue weighted by Gasteiger charge is -2.18. The molecule has 0 aliphatic heterocycles. The highest BCUT2D eigenvalue weighted by molar-refractivity contribution is 5.88. The molecule has 2 rings (SSSR count). The van der Waals surface area contributed by atoms with E-state index in [2.05, 4.69) is 5.32 Å². The maximum Gasteiger partial charge on any atom is 0.244 e. The lowest BCUT2D eigenvalue weighted by Crippen LogP contribution is -2.44. The van der Waals surface area contributed by atoms with E-state index in [0.717, 1.165) is 16.5 Å². The van der Waals surface area contributed by atoms with Crippen LogP contribution in [0.1, 0.15) is 19.8 Å². The highest BCUT2D eigenvalue weighted by Gasteiger charge is 2.16. The van der Waals surface area contributed by atoms with Gasteiger partial charge in [-0.2, -0.15) is 0 Å². The first kappa shape index (κ1) is 17.8. The molecule has 1 atom stereocenters. The first-order chi connectivity index (χ1) is 11.5. The summed E-state index contributed by atoms with van der Waals surface area (Å²) >= 11 is 0. The molecule has 0 fully saturated rings. The molecule has 1 N–H and O–H groups in total. The number of rotatable bonds is 7. The van der Waals surface area contributed by atoms with Gasteiger partial charge >= 0.3 is 0 Å². The molecule has 0 aliphatic carbocycles. The molecule has 0 radical (unpaired) electrons. The first-order valence-electron chi connectivity index (χ1n) is 8.10. The Labute approximate surface area is 142 Å². The van der Waals surface area contributed by atoms with Gasteiger partial charge in [0.15, 0.2) is 0 Å². The van der Waals surface area contributed by atoms with Gasteiger partial charge < -0.3 is 15.0 Å². The predicted molar refractivity (Wildman–Crippen MR) is 95.0 cm³/mol. The van der Waals surface area contributed by atoms with Crippen molar-refractivity contribution in [3.8, 4) is 5.75 Å². The molecule has 5 nitrogen and oxygen atoms in total. The number of nitrogens with zero attached hydrogens (tertiary/aromatic N) is 1. The maximum absolute atomic E-state index is 11.9. The Morgan fingerprint density at radius 3 is 2.58 bits per heavy atom. The maximum atomic E-state index is 11.9. The Kier molecular flexibility index (Phi) is 6.18. The van der Waals surface area contributed by atoms with E-state index >= 15 is 0 Å². The van der Waals surface area contributed by atoms with E-state index < -0.39 is 6.04 Å². The highest BCUT2D eigenvalue weighted by Crippen LogP contribution is 2.25. The third-order valence-corrected chi connectivity index (χ3v) is 3.74. The second-order valence-electron chi connectivity index (χ2n) is 5.95. The molecule has 2 amide bonds. The SMILES string of the molecule is C[C@H](NC(=O)CCCOc1cccc2ccccc12)C(=O)N(C)C. The van der Waals surface area contributed by atoms with E-state index in [1.807, 2.05) is 42.5 Å². The Morgan fingerprint density at radius 2 is 1.83 bits per heavy atom. The van der Waals surface area contributed by atoms with Crippen molar-refractivity contribution in [2.24, 2.45) is 0 Å². The topological polar surface area (TPSA) is 58.6 Å². The van der Waals surface area contributed by atoms with Crippen molar-refractivity contribution in [3.63, 3.8) is 0 Å². The van der Waals surface area contributed by atoms with Crippen LogP contribution in [0.5, 0.6) is 5.75 Å². The van der Waals surface area contributed by atoms with E-state index in [-0.39, 0.29) is 11.8 Å². The molecule has 0 heterocycles. The van der Waals surface area contributed by atoms with Gasteiger partial charge in [-0.15, -0.1) is 0 Å². The minimum atomic E-state index is -0.508. The molecule has 2 aromatic carbocycles. The number of carbonyl (C=O) groups excluding carboxylic acids is 2. The molecule has 0 unspecified atom stereocenters. The van der Waals surface area contributed by atoms with Gasteiger partial charge in [0.1, 0.15) is 11.8 Å². The zero-order chi connectivity index (χ0) is 17.5. The summed E-state index contributed by atoms with van der Waals surface area (Å²) in [4.78, 5) is 25.0. The first-order valence-corrected chi connectivity index (χ1v) is 8.10. The summed E-state index contributed by atoms with van der Waals surface area (Å²) in [6.07, 6.45) is 0.924. The number of nitrogens with one attached hydrogen (secondary N) is 1. The molecular formula is C19H24N2O3. The zero-order valence-corrected chi connectivity index (χ0v) is 14.4. The van der Waals surface area contributed by atoms with Crippen LogP contribution in [0.25, 0.3) is 10.8 Å². The van der Waals surface area contributed by atoms with Crippen LogP contribution in [0, 0.1) is 0 Å². The fraction of sp³-hybridized carbons (Fsp3) is 0.368. The number of benzene rings is 2. The minimum absolute atomic E-state index is 0.115. The quantitative estimate of drug-likeness (QED) is 0.795. The van der Waals surface area contributed by atoms with Crippen molar-refractivity contribution in [1.29, 1.82) is 0 Å². The average Bonchev–Trinajstić information content (AvgIpc) is 2.57. The van der Waals surface area contributed by atoms with Crippen molar-refractivity contribution in [2.45, 2.75) is 25.8 Å². The largest absolute Gasteiger partial charge is 0.493 e. The second kappa shape index (κ2) is 8.34. The van der Waals surface area contributed by atoms with E-state index in [1.54, 1.807) is 21.0 Å². The van der Waals surface area contributed by atoms with Gasteiger partial charge in [0.05, 0.1) is 6.61 Å². The molecule has 0 aliphatic rings. The van der Waals surface area contributed by atoms with Crippen molar-refractivity contribution >= 4 is 22.6 Å². The molecule has 0 saturated carbocycles. The summed E-state index contributed by atoms with van der Waals surface area (Å²) in [6.45, 7) is 2.14. The van der Waals surface area contributed by atoms with Crippen LogP contribution in [0.15, 0.2) is 42.5 Å². The third kappa shape index (κ3) is 4.72. The number of amides is 2. The van der Waals surface area contributed by atoms with Crippen molar-refractivity contribution in [3.05, 3.63) is 42.5 Å². The van der Waals surface area contributed by atoms with Gasteiger partial charge in [-0.3, -0.25) is 9.59 Å². The monoisotopic (exact) mass is 328 g/mol. The Hall–Kier alpha value is -2.56. The Morgan fingerprint density at radius 1 is 1.12 bits per heavy atom. The van der Waals surface area contributed by atoms with Gasteiger partial charge in [-0.1, -0.05) is 36.4 Å². The Balaban J connectivity index is 1.78. The molecule has 0 saturated heterocycles. The molecule has 128 valence electrons. The van der Waals surface area contributed by atoms with Crippen LogP contribution in [0.3, 0.4) is 0 Å². The van der Waals surface area contributed by atoms with Crippen LogP contribution in [-0.4, -0.2) is 43.5 Å². The van der Waals surface area contributed by atoms with Crippen LogP contribution in [-0.2, 0) is 9.59 Å². The van der Waals surface area contributed by atoms with Crippen LogP contribution in [0.2, 0.25) is 0 Å². The number of fused-ring (bicyclic) bond motifs is 1. The average molecular weight is 328 g/mol. The summed E-state index contributed by atoms with van der Waals surface area (Å²) in [7, 11) is 3.34. The van der Waals surface area contributed by atoms with E-state index in [9.17, 15) is 9.59 Å². The summed E-state index contributed by atoms with van der Waals surface area (Å²) in [6, 6.07) is 13.5. The molecule has 0 spiro atoms. The summed E-state index contributed by atoms with van der Waals surface area (Å²) in [5, 5.41) is 4.90. The Bertz CT molecular complexity index is 707. The molecule has 0 bridgehead atoms. The number of hydrogen-bond acceptors (Lipinski definition) is 3. The summed E-state index contributed by atoms with van der Waals surface area (Å²) in [5.41, 5.74) is 0. The van der Waals surface area contributed by atoms with Gasteiger partial charge in [0.2, 0.25) is 11.8 Å². The van der Waals surface area contributed by atoms with Gasteiger partial charge in [0.25, 0.3) is 0 Å². The molecule has 2 aromatic rings. The zero-order valence-electron chi connectivity index (χ0n) is 14.4. The number of likely N-dealkylation sites (N-methyl/N-ethyl adjacent to an activating group) is 1. The van der Waals surface area contributed by atoms with E-state index in [1.165, 1.54) is 4.90 Å². The fourth-order valence-corrected chi connectivity index (χ4v) is 2.50. The number of hydrogen-bond donors (Lipinski definition) is 1. The normalized spacial score (nSPS) is 11.8.